The SMILES string of the molecule is CCc1cc(OCC=C(Cl)Cl)cc(C)c1OCCCC/C=N/OC(C)(C)C. The van der Waals surface area contributed by atoms with E-state index in [-0.39, 0.29) is 10.1 Å². The van der Waals surface area contributed by atoms with E-state index >= 15 is 0 Å². The molecule has 0 atom stereocenters. The van der Waals surface area contributed by atoms with E-state index in [0.29, 0.717) is 13.2 Å². The van der Waals surface area contributed by atoms with Crippen LogP contribution < -0.4 is 9.47 Å². The first-order valence-electron chi connectivity index (χ1n) is 9.33. The van der Waals surface area contributed by atoms with Gasteiger partial charge in [0.25, 0.3) is 0 Å². The third-order valence-electron chi connectivity index (χ3n) is 3.57. The summed E-state index contributed by atoms with van der Waals surface area (Å²) in [6.45, 7) is 11.1. The van der Waals surface area contributed by atoms with Crippen LogP contribution >= 0.6 is 23.2 Å². The number of halogens is 2. The van der Waals surface area contributed by atoms with Crippen LogP contribution in [0.2, 0.25) is 0 Å². The minimum atomic E-state index is -0.240. The molecule has 0 aromatic heterocycles. The highest BCUT2D eigenvalue weighted by Crippen LogP contribution is 2.30. The van der Waals surface area contributed by atoms with Gasteiger partial charge >= 0.3 is 0 Å². The third-order valence-corrected chi connectivity index (χ3v) is 3.88. The fraction of sp³-hybridized carbons (Fsp3) is 0.571. The summed E-state index contributed by atoms with van der Waals surface area (Å²) in [7, 11) is 0. The lowest BCUT2D eigenvalue weighted by atomic mass is 10.1. The molecule has 0 heterocycles. The molecule has 0 amide bonds. The average Bonchev–Trinajstić information content (AvgIpc) is 2.57. The Hall–Kier alpha value is -1.39. The van der Waals surface area contributed by atoms with Crippen LogP contribution in [0.15, 0.2) is 27.9 Å². The fourth-order valence-electron chi connectivity index (χ4n) is 2.32. The predicted molar refractivity (Wildman–Crippen MR) is 115 cm³/mol. The number of benzene rings is 1. The van der Waals surface area contributed by atoms with Crippen LogP contribution in [-0.4, -0.2) is 25.0 Å². The average molecular weight is 416 g/mol. The van der Waals surface area contributed by atoms with E-state index in [1.54, 1.807) is 6.08 Å². The first kappa shape index (κ1) is 23.6. The Bertz CT molecular complexity index is 633. The smallest absolute Gasteiger partial charge is 0.129 e. The minimum absolute atomic E-state index is 0.206. The lowest BCUT2D eigenvalue weighted by molar-refractivity contribution is 0.00156. The predicted octanol–water partition coefficient (Wildman–Crippen LogP) is 6.61. The zero-order valence-corrected chi connectivity index (χ0v) is 18.5. The van der Waals surface area contributed by atoms with Crippen LogP contribution in [0.4, 0.5) is 0 Å². The molecule has 0 saturated carbocycles. The Labute approximate surface area is 173 Å². The molecule has 4 nitrogen and oxygen atoms in total. The first-order chi connectivity index (χ1) is 12.7. The van der Waals surface area contributed by atoms with Crippen molar-refractivity contribution in [1.29, 1.82) is 0 Å². The van der Waals surface area contributed by atoms with E-state index in [2.05, 4.69) is 12.1 Å². The number of hydrogen-bond donors (Lipinski definition) is 0. The molecule has 1 aromatic rings. The molecule has 0 N–H and O–H groups in total. The molecule has 0 aliphatic carbocycles. The molecular formula is C21H31Cl2NO3. The summed E-state index contributed by atoms with van der Waals surface area (Å²) in [5.41, 5.74) is 1.95. The van der Waals surface area contributed by atoms with Crippen molar-refractivity contribution in [2.45, 2.75) is 65.9 Å². The van der Waals surface area contributed by atoms with Gasteiger partial charge in [0.1, 0.15) is 28.2 Å². The van der Waals surface area contributed by atoms with Crippen molar-refractivity contribution < 1.29 is 14.3 Å². The Kier molecular flexibility index (Phi) is 10.6. The van der Waals surface area contributed by atoms with Crippen molar-refractivity contribution in [2.75, 3.05) is 13.2 Å². The Morgan fingerprint density at radius 2 is 1.89 bits per heavy atom. The summed E-state index contributed by atoms with van der Waals surface area (Å²) in [6, 6.07) is 3.98. The lowest BCUT2D eigenvalue weighted by Crippen LogP contribution is -2.15. The Morgan fingerprint density at radius 3 is 2.52 bits per heavy atom. The van der Waals surface area contributed by atoms with Crippen molar-refractivity contribution in [2.24, 2.45) is 5.16 Å². The third kappa shape index (κ3) is 10.5. The zero-order chi connectivity index (χ0) is 20.3. The van der Waals surface area contributed by atoms with Crippen molar-refractivity contribution in [1.82, 2.24) is 0 Å². The second-order valence-electron chi connectivity index (χ2n) is 7.22. The van der Waals surface area contributed by atoms with Crippen molar-refractivity contribution >= 4 is 29.4 Å². The first-order valence-corrected chi connectivity index (χ1v) is 10.1. The van der Waals surface area contributed by atoms with Gasteiger partial charge in [0.05, 0.1) is 6.61 Å². The molecule has 0 unspecified atom stereocenters. The molecule has 0 spiro atoms. The molecule has 0 fully saturated rings. The summed E-state index contributed by atoms with van der Waals surface area (Å²) in [5.74, 6) is 1.73. The van der Waals surface area contributed by atoms with Gasteiger partial charge in [-0.2, -0.15) is 0 Å². The fourth-order valence-corrected chi connectivity index (χ4v) is 2.45. The van der Waals surface area contributed by atoms with Crippen molar-refractivity contribution in [3.8, 4) is 11.5 Å². The normalized spacial score (nSPS) is 11.5. The number of nitrogens with zero attached hydrogens (tertiary/aromatic N) is 1. The summed E-state index contributed by atoms with van der Waals surface area (Å²) in [6.07, 6.45) is 7.15. The summed E-state index contributed by atoms with van der Waals surface area (Å²) >= 11 is 11.2. The van der Waals surface area contributed by atoms with Gasteiger partial charge in [0.15, 0.2) is 0 Å². The molecule has 1 rings (SSSR count). The number of oxime groups is 1. The van der Waals surface area contributed by atoms with E-state index in [0.717, 1.165) is 48.3 Å². The highest BCUT2D eigenvalue weighted by Gasteiger charge is 2.10. The summed E-state index contributed by atoms with van der Waals surface area (Å²) in [5, 5.41) is 3.98. The van der Waals surface area contributed by atoms with Gasteiger partial charge in [-0.15, -0.1) is 0 Å². The van der Waals surface area contributed by atoms with Gasteiger partial charge < -0.3 is 14.3 Å². The highest BCUT2D eigenvalue weighted by atomic mass is 35.5. The molecule has 27 heavy (non-hydrogen) atoms. The lowest BCUT2D eigenvalue weighted by Gasteiger charge is -2.16. The largest absolute Gasteiger partial charge is 0.493 e. The second kappa shape index (κ2) is 12.1. The molecule has 0 aliphatic heterocycles. The van der Waals surface area contributed by atoms with E-state index in [9.17, 15) is 0 Å². The van der Waals surface area contributed by atoms with Crippen LogP contribution in [0.5, 0.6) is 11.5 Å². The number of unbranched alkanes of at least 4 members (excludes halogenated alkanes) is 2. The standard InChI is InChI=1S/C21H31Cl2NO3/c1-6-17-15-18(25-13-10-19(22)23)14-16(2)20(17)26-12-9-7-8-11-24-27-21(3,4)5/h10-11,14-15H,6-9,12-13H2,1-5H3/b24-11+. The number of aryl methyl sites for hydroxylation is 2. The quantitative estimate of drug-likeness (QED) is 0.232. The molecule has 152 valence electrons. The van der Waals surface area contributed by atoms with Gasteiger partial charge in [-0.25, -0.2) is 0 Å². The Balaban J connectivity index is 2.47. The van der Waals surface area contributed by atoms with Gasteiger partial charge in [-0.1, -0.05) is 35.3 Å². The maximum Gasteiger partial charge on any atom is 0.129 e. The van der Waals surface area contributed by atoms with Gasteiger partial charge in [0.2, 0.25) is 0 Å². The van der Waals surface area contributed by atoms with Crippen LogP contribution in [-0.2, 0) is 11.3 Å². The maximum absolute atomic E-state index is 6.03. The van der Waals surface area contributed by atoms with Crippen LogP contribution in [0.25, 0.3) is 0 Å². The minimum Gasteiger partial charge on any atom is -0.493 e. The molecule has 6 heteroatoms. The van der Waals surface area contributed by atoms with E-state index in [4.69, 9.17) is 37.5 Å². The molecule has 0 aliphatic rings. The number of ether oxygens (including phenoxy) is 2. The summed E-state index contributed by atoms with van der Waals surface area (Å²) < 4.78 is 11.9. The molecule has 0 radical (unpaired) electrons. The number of hydrogen-bond acceptors (Lipinski definition) is 4. The Morgan fingerprint density at radius 1 is 1.15 bits per heavy atom. The van der Waals surface area contributed by atoms with Gasteiger partial charge in [-0.05, 0) is 82.7 Å². The maximum atomic E-state index is 6.03. The van der Waals surface area contributed by atoms with Crippen molar-refractivity contribution in [3.63, 3.8) is 0 Å². The monoisotopic (exact) mass is 415 g/mol. The van der Waals surface area contributed by atoms with Gasteiger partial charge in [0, 0.05) is 6.21 Å². The van der Waals surface area contributed by atoms with Crippen LogP contribution in [0.1, 0.15) is 58.1 Å². The van der Waals surface area contributed by atoms with Crippen LogP contribution in [0.3, 0.4) is 0 Å². The van der Waals surface area contributed by atoms with E-state index in [1.165, 1.54) is 0 Å². The van der Waals surface area contributed by atoms with Gasteiger partial charge in [-0.3, -0.25) is 0 Å². The van der Waals surface area contributed by atoms with Crippen molar-refractivity contribution in [3.05, 3.63) is 33.8 Å². The topological polar surface area (TPSA) is 40.0 Å². The van der Waals surface area contributed by atoms with Crippen LogP contribution in [0, 0.1) is 6.92 Å². The zero-order valence-electron chi connectivity index (χ0n) is 17.0. The molecular weight excluding hydrogens is 385 g/mol. The summed E-state index contributed by atoms with van der Waals surface area (Å²) in [4.78, 5) is 5.31. The molecule has 1 aromatic carbocycles. The van der Waals surface area contributed by atoms with E-state index < -0.39 is 0 Å². The highest BCUT2D eigenvalue weighted by molar-refractivity contribution is 6.55. The van der Waals surface area contributed by atoms with E-state index in [1.807, 2.05) is 46.0 Å². The molecule has 0 bridgehead atoms. The second-order valence-corrected chi connectivity index (χ2v) is 8.23. The number of rotatable bonds is 11. The molecule has 0 saturated heterocycles.